The van der Waals surface area contributed by atoms with Gasteiger partial charge in [0.05, 0.1) is 17.3 Å². The van der Waals surface area contributed by atoms with Crippen LogP contribution in [0.4, 0.5) is 0 Å². The molecule has 1 aromatic rings. The Morgan fingerprint density at radius 1 is 0.897 bits per heavy atom. The SMILES string of the molecule is CCCC(C)C(=O)Oc1ccc(CC(N)(C[C@H](C)OC(=O)C(C)(C)CC)C(=O)O)cc1OC(=O)C(C)CCC. The predicted molar refractivity (Wildman–Crippen MR) is 148 cm³/mol. The summed E-state index contributed by atoms with van der Waals surface area (Å²) in [7, 11) is 0. The number of carboxylic acids is 1. The van der Waals surface area contributed by atoms with Gasteiger partial charge in [-0.15, -0.1) is 0 Å². The van der Waals surface area contributed by atoms with E-state index in [2.05, 4.69) is 0 Å². The Kier molecular flexibility index (Phi) is 13.1. The average Bonchev–Trinajstić information content (AvgIpc) is 2.85. The zero-order valence-electron chi connectivity index (χ0n) is 24.8. The van der Waals surface area contributed by atoms with E-state index < -0.39 is 40.9 Å². The van der Waals surface area contributed by atoms with Gasteiger partial charge in [0.1, 0.15) is 11.6 Å². The number of carbonyl (C=O) groups excluding carboxylic acids is 3. The monoisotopic (exact) mass is 549 g/mol. The summed E-state index contributed by atoms with van der Waals surface area (Å²) in [6.45, 7) is 14.4. The number of carbonyl (C=O) groups is 4. The Morgan fingerprint density at radius 2 is 1.41 bits per heavy atom. The number of ether oxygens (including phenoxy) is 3. The van der Waals surface area contributed by atoms with Gasteiger partial charge in [-0.25, -0.2) is 0 Å². The Balaban J connectivity index is 3.28. The van der Waals surface area contributed by atoms with Crippen molar-refractivity contribution in [1.82, 2.24) is 0 Å². The first-order valence-electron chi connectivity index (χ1n) is 13.9. The second-order valence-electron chi connectivity index (χ2n) is 11.3. The van der Waals surface area contributed by atoms with E-state index in [-0.39, 0.29) is 36.2 Å². The number of carboxylic acid groups (broad SMARTS) is 1. The van der Waals surface area contributed by atoms with Crippen LogP contribution in [-0.4, -0.2) is 40.6 Å². The highest BCUT2D eigenvalue weighted by atomic mass is 16.6. The molecule has 0 aromatic heterocycles. The summed E-state index contributed by atoms with van der Waals surface area (Å²) in [5, 5.41) is 9.99. The smallest absolute Gasteiger partial charge is 0.324 e. The number of hydrogen-bond donors (Lipinski definition) is 2. The quantitative estimate of drug-likeness (QED) is 0.203. The van der Waals surface area contributed by atoms with E-state index >= 15 is 0 Å². The molecule has 0 fully saturated rings. The number of nitrogens with two attached hydrogens (primary N) is 1. The van der Waals surface area contributed by atoms with E-state index in [0.717, 1.165) is 12.8 Å². The lowest BCUT2D eigenvalue weighted by Crippen LogP contribution is -2.52. The molecule has 0 amide bonds. The summed E-state index contributed by atoms with van der Waals surface area (Å²) in [6, 6.07) is 4.54. The number of rotatable bonds is 16. The summed E-state index contributed by atoms with van der Waals surface area (Å²) in [5.41, 5.74) is 4.31. The van der Waals surface area contributed by atoms with Crippen molar-refractivity contribution in [2.24, 2.45) is 23.0 Å². The Morgan fingerprint density at radius 3 is 1.87 bits per heavy atom. The summed E-state index contributed by atoms with van der Waals surface area (Å²) in [6.07, 6.45) is 2.40. The maximum absolute atomic E-state index is 12.7. The Bertz CT molecular complexity index is 1000. The molecule has 9 heteroatoms. The molecule has 0 aliphatic heterocycles. The van der Waals surface area contributed by atoms with Crippen molar-refractivity contribution in [3.63, 3.8) is 0 Å². The Hall–Kier alpha value is -2.94. The first-order valence-corrected chi connectivity index (χ1v) is 13.9. The number of hydrogen-bond acceptors (Lipinski definition) is 8. The first kappa shape index (κ1) is 34.1. The molecule has 0 saturated heterocycles. The summed E-state index contributed by atoms with van der Waals surface area (Å²) in [4.78, 5) is 50.0. The topological polar surface area (TPSA) is 142 Å². The largest absolute Gasteiger partial charge is 0.480 e. The van der Waals surface area contributed by atoms with Crippen LogP contribution in [0, 0.1) is 17.3 Å². The van der Waals surface area contributed by atoms with Crippen molar-refractivity contribution >= 4 is 23.9 Å². The van der Waals surface area contributed by atoms with Gasteiger partial charge in [0.2, 0.25) is 0 Å². The molecule has 0 heterocycles. The lowest BCUT2D eigenvalue weighted by Gasteiger charge is -2.30. The van der Waals surface area contributed by atoms with E-state index in [4.69, 9.17) is 19.9 Å². The highest BCUT2D eigenvalue weighted by Gasteiger charge is 2.38. The summed E-state index contributed by atoms with van der Waals surface area (Å²) < 4.78 is 16.7. The number of aliphatic carboxylic acids is 1. The van der Waals surface area contributed by atoms with Gasteiger partial charge in [-0.3, -0.25) is 19.2 Å². The van der Waals surface area contributed by atoms with Gasteiger partial charge in [0, 0.05) is 12.8 Å². The molecular formula is C30H47NO8. The van der Waals surface area contributed by atoms with Crippen molar-refractivity contribution in [1.29, 1.82) is 0 Å². The van der Waals surface area contributed by atoms with E-state index in [0.29, 0.717) is 24.8 Å². The molecule has 0 saturated carbocycles. The van der Waals surface area contributed by atoms with Gasteiger partial charge in [-0.05, 0) is 57.7 Å². The van der Waals surface area contributed by atoms with Crippen LogP contribution in [0.15, 0.2) is 18.2 Å². The summed E-state index contributed by atoms with van der Waals surface area (Å²) >= 11 is 0. The molecule has 220 valence electrons. The van der Waals surface area contributed by atoms with Gasteiger partial charge in [0.15, 0.2) is 11.5 Å². The van der Waals surface area contributed by atoms with Crippen LogP contribution in [0.5, 0.6) is 11.5 Å². The van der Waals surface area contributed by atoms with Crippen molar-refractivity contribution in [2.45, 2.75) is 112 Å². The number of esters is 3. The minimum absolute atomic E-state index is 0.0226. The zero-order valence-corrected chi connectivity index (χ0v) is 24.8. The van der Waals surface area contributed by atoms with Crippen LogP contribution in [0.1, 0.15) is 99.5 Å². The molecule has 0 aliphatic rings. The van der Waals surface area contributed by atoms with Gasteiger partial charge in [-0.1, -0.05) is 53.5 Å². The third-order valence-corrected chi connectivity index (χ3v) is 7.02. The van der Waals surface area contributed by atoms with Gasteiger partial charge in [-0.2, -0.15) is 0 Å². The van der Waals surface area contributed by atoms with Crippen LogP contribution < -0.4 is 15.2 Å². The lowest BCUT2D eigenvalue weighted by atomic mass is 9.86. The summed E-state index contributed by atoms with van der Waals surface area (Å²) in [5.74, 6) is -3.25. The van der Waals surface area contributed by atoms with Crippen LogP contribution in [0.3, 0.4) is 0 Å². The zero-order chi connectivity index (χ0) is 30.0. The molecule has 1 rings (SSSR count). The highest BCUT2D eigenvalue weighted by Crippen LogP contribution is 2.33. The van der Waals surface area contributed by atoms with E-state index in [9.17, 15) is 24.3 Å². The molecule has 0 bridgehead atoms. The molecule has 0 spiro atoms. The predicted octanol–water partition coefficient (Wildman–Crippen LogP) is 5.45. The van der Waals surface area contributed by atoms with Gasteiger partial charge in [0.25, 0.3) is 0 Å². The molecule has 0 aliphatic carbocycles. The molecule has 1 aromatic carbocycles. The molecule has 39 heavy (non-hydrogen) atoms. The molecular weight excluding hydrogens is 502 g/mol. The average molecular weight is 550 g/mol. The van der Waals surface area contributed by atoms with Crippen LogP contribution in [-0.2, 0) is 30.3 Å². The molecule has 3 unspecified atom stereocenters. The Labute approximate surface area is 232 Å². The molecule has 9 nitrogen and oxygen atoms in total. The van der Waals surface area contributed by atoms with Crippen LogP contribution >= 0.6 is 0 Å². The molecule has 3 N–H and O–H groups in total. The second-order valence-corrected chi connectivity index (χ2v) is 11.3. The minimum atomic E-state index is -1.78. The highest BCUT2D eigenvalue weighted by molar-refractivity contribution is 5.80. The second kappa shape index (κ2) is 15.0. The maximum atomic E-state index is 12.7. The normalized spacial score (nSPS) is 15.4. The molecule has 0 radical (unpaired) electrons. The number of benzene rings is 1. The van der Waals surface area contributed by atoms with E-state index in [1.54, 1.807) is 40.7 Å². The van der Waals surface area contributed by atoms with Crippen LogP contribution in [0.25, 0.3) is 0 Å². The lowest BCUT2D eigenvalue weighted by molar-refractivity contribution is -0.162. The van der Waals surface area contributed by atoms with Crippen molar-refractivity contribution in [3.8, 4) is 11.5 Å². The standard InChI is InChI=1S/C30H47NO8/c1-9-12-19(4)25(32)38-23-15-14-22(16-24(23)39-26(33)20(5)13-10-2)18-30(31,27(34)35)17-21(6)37-28(36)29(7,8)11-3/h14-16,19-21H,9-13,17-18,31H2,1-8H3,(H,34,35)/t19?,20?,21-,30?/m0/s1. The van der Waals surface area contributed by atoms with Gasteiger partial charge >= 0.3 is 23.9 Å². The van der Waals surface area contributed by atoms with Crippen molar-refractivity contribution in [3.05, 3.63) is 23.8 Å². The minimum Gasteiger partial charge on any atom is -0.480 e. The fraction of sp³-hybridized carbons (Fsp3) is 0.667. The third-order valence-electron chi connectivity index (χ3n) is 7.02. The fourth-order valence-electron chi connectivity index (χ4n) is 3.99. The molecule has 4 atom stereocenters. The third kappa shape index (κ3) is 10.3. The van der Waals surface area contributed by atoms with Gasteiger partial charge < -0.3 is 25.1 Å². The van der Waals surface area contributed by atoms with Crippen LogP contribution in [0.2, 0.25) is 0 Å². The first-order chi connectivity index (χ1) is 18.1. The van der Waals surface area contributed by atoms with Crippen molar-refractivity contribution in [2.75, 3.05) is 0 Å². The van der Waals surface area contributed by atoms with E-state index in [1.807, 2.05) is 20.8 Å². The fourth-order valence-corrected chi connectivity index (χ4v) is 3.99. The van der Waals surface area contributed by atoms with E-state index in [1.165, 1.54) is 12.1 Å². The van der Waals surface area contributed by atoms with Crippen molar-refractivity contribution < 1.29 is 38.5 Å². The maximum Gasteiger partial charge on any atom is 0.324 e.